The predicted octanol–water partition coefficient (Wildman–Crippen LogP) is 4.52. The van der Waals surface area contributed by atoms with Gasteiger partial charge in [-0.2, -0.15) is 13.2 Å². The molecule has 2 aromatic heterocycles. The number of pyridine rings is 1. The van der Waals surface area contributed by atoms with Gasteiger partial charge in [0.2, 0.25) is 5.88 Å². The van der Waals surface area contributed by atoms with Gasteiger partial charge in [0, 0.05) is 18.0 Å². The first-order chi connectivity index (χ1) is 13.7. The van der Waals surface area contributed by atoms with Gasteiger partial charge in [0.25, 0.3) is 5.91 Å². The smallest absolute Gasteiger partial charge is 0.422 e. The minimum atomic E-state index is -4.58. The molecule has 3 aromatic rings. The van der Waals surface area contributed by atoms with Gasteiger partial charge in [0.15, 0.2) is 6.61 Å². The van der Waals surface area contributed by atoms with Gasteiger partial charge >= 0.3 is 6.18 Å². The fourth-order valence-corrected chi connectivity index (χ4v) is 2.46. The molecule has 150 valence electrons. The van der Waals surface area contributed by atoms with Crippen molar-refractivity contribution in [3.8, 4) is 17.0 Å². The molecule has 2 heterocycles. The van der Waals surface area contributed by atoms with Crippen LogP contribution < -0.4 is 10.1 Å². The Morgan fingerprint density at radius 2 is 1.86 bits per heavy atom. The lowest BCUT2D eigenvalue weighted by molar-refractivity contribution is -0.154. The maximum absolute atomic E-state index is 13.5. The molecule has 0 aliphatic carbocycles. The zero-order chi connectivity index (χ0) is 21.0. The summed E-state index contributed by atoms with van der Waals surface area (Å²) in [4.78, 5) is 23.5. The Kier molecular flexibility index (Phi) is 5.92. The highest BCUT2D eigenvalue weighted by atomic mass is 35.5. The summed E-state index contributed by atoms with van der Waals surface area (Å²) in [6.45, 7) is -1.57. The molecule has 0 radical (unpaired) electrons. The molecule has 0 unspecified atom stereocenters. The summed E-state index contributed by atoms with van der Waals surface area (Å²) in [6, 6.07) is 4.90. The van der Waals surface area contributed by atoms with Crippen LogP contribution in [0.5, 0.6) is 5.88 Å². The Bertz CT molecular complexity index is 1030. The summed E-state index contributed by atoms with van der Waals surface area (Å²) in [5.41, 5.74) is 0.656. The van der Waals surface area contributed by atoms with E-state index in [1.807, 2.05) is 0 Å². The fourth-order valence-electron chi connectivity index (χ4n) is 2.28. The van der Waals surface area contributed by atoms with Crippen LogP contribution in [0, 0.1) is 5.82 Å². The molecule has 0 saturated heterocycles. The number of nitrogens with one attached hydrogen (secondary N) is 1. The number of rotatable bonds is 5. The van der Waals surface area contributed by atoms with E-state index >= 15 is 0 Å². The van der Waals surface area contributed by atoms with Crippen molar-refractivity contribution in [2.75, 3.05) is 11.9 Å². The molecular weight excluding hydrogens is 416 g/mol. The number of carbonyl (C=O) groups excluding carboxylic acids is 1. The van der Waals surface area contributed by atoms with Crippen LogP contribution in [0.25, 0.3) is 11.1 Å². The zero-order valence-electron chi connectivity index (χ0n) is 14.4. The summed E-state index contributed by atoms with van der Waals surface area (Å²) in [7, 11) is 0. The van der Waals surface area contributed by atoms with Crippen molar-refractivity contribution >= 4 is 23.2 Å². The van der Waals surface area contributed by atoms with Crippen LogP contribution in [-0.4, -0.2) is 33.6 Å². The van der Waals surface area contributed by atoms with E-state index in [4.69, 9.17) is 16.3 Å². The van der Waals surface area contributed by atoms with E-state index in [0.717, 1.165) is 12.3 Å². The molecule has 3 rings (SSSR count). The van der Waals surface area contributed by atoms with Crippen LogP contribution in [-0.2, 0) is 0 Å². The number of benzene rings is 1. The summed E-state index contributed by atoms with van der Waals surface area (Å²) >= 11 is 5.77. The molecule has 0 bridgehead atoms. The lowest BCUT2D eigenvalue weighted by Crippen LogP contribution is -2.20. The minimum Gasteiger partial charge on any atom is -0.468 e. The Morgan fingerprint density at radius 3 is 2.52 bits per heavy atom. The van der Waals surface area contributed by atoms with E-state index in [1.165, 1.54) is 36.9 Å². The number of halogens is 5. The third-order valence-electron chi connectivity index (χ3n) is 3.53. The van der Waals surface area contributed by atoms with E-state index < -0.39 is 24.5 Å². The van der Waals surface area contributed by atoms with Crippen molar-refractivity contribution in [1.82, 2.24) is 15.0 Å². The quantitative estimate of drug-likeness (QED) is 0.607. The first kappa shape index (κ1) is 20.5. The average Bonchev–Trinajstić information content (AvgIpc) is 2.69. The minimum absolute atomic E-state index is 0.0817. The number of anilines is 1. The Balaban J connectivity index is 1.95. The second-order valence-corrected chi connectivity index (χ2v) is 6.10. The molecule has 0 aliphatic heterocycles. The fraction of sp³-hybridized carbons (Fsp3) is 0.111. The number of aromatic nitrogens is 3. The molecule has 0 spiro atoms. The predicted molar refractivity (Wildman–Crippen MR) is 96.2 cm³/mol. The molecule has 1 amide bonds. The van der Waals surface area contributed by atoms with Crippen molar-refractivity contribution in [3.05, 3.63) is 65.6 Å². The largest absolute Gasteiger partial charge is 0.468 e. The zero-order valence-corrected chi connectivity index (χ0v) is 15.1. The summed E-state index contributed by atoms with van der Waals surface area (Å²) < 4.78 is 55.8. The number of carbonyl (C=O) groups is 1. The maximum atomic E-state index is 13.5. The Labute approximate surface area is 166 Å². The molecule has 11 heteroatoms. The molecule has 0 saturated carbocycles. The van der Waals surface area contributed by atoms with Crippen LogP contribution in [0.1, 0.15) is 10.4 Å². The van der Waals surface area contributed by atoms with E-state index in [1.54, 1.807) is 0 Å². The number of ether oxygens (including phenoxy) is 1. The highest BCUT2D eigenvalue weighted by Gasteiger charge is 2.29. The Hall–Kier alpha value is -3.27. The lowest BCUT2D eigenvalue weighted by atomic mass is 10.1. The van der Waals surface area contributed by atoms with Crippen molar-refractivity contribution in [1.29, 1.82) is 0 Å². The van der Waals surface area contributed by atoms with E-state index in [-0.39, 0.29) is 33.3 Å². The molecule has 0 aliphatic rings. The van der Waals surface area contributed by atoms with E-state index in [9.17, 15) is 22.4 Å². The molecular formula is C18H11ClF4N4O2. The molecule has 6 nitrogen and oxygen atoms in total. The SMILES string of the molecule is O=C(Nc1cnc(OCC(F)(F)F)c(-c2ccc(F)c(Cl)c2)c1)c1cncnc1. The summed E-state index contributed by atoms with van der Waals surface area (Å²) in [5, 5.41) is 2.29. The van der Waals surface area contributed by atoms with Gasteiger partial charge in [0.1, 0.15) is 12.1 Å². The first-order valence-corrected chi connectivity index (χ1v) is 8.32. The summed E-state index contributed by atoms with van der Waals surface area (Å²) in [6.07, 6.45) is 0.373. The number of hydrogen-bond donors (Lipinski definition) is 1. The van der Waals surface area contributed by atoms with Crippen molar-refractivity contribution in [2.45, 2.75) is 6.18 Å². The van der Waals surface area contributed by atoms with Crippen LogP contribution in [0.15, 0.2) is 49.2 Å². The lowest BCUT2D eigenvalue weighted by Gasteiger charge is -2.14. The number of amides is 1. The van der Waals surface area contributed by atoms with E-state index in [2.05, 4.69) is 20.3 Å². The van der Waals surface area contributed by atoms with Gasteiger partial charge in [-0.3, -0.25) is 4.79 Å². The van der Waals surface area contributed by atoms with Crippen LogP contribution in [0.4, 0.5) is 23.2 Å². The molecule has 29 heavy (non-hydrogen) atoms. The van der Waals surface area contributed by atoms with Gasteiger partial charge < -0.3 is 10.1 Å². The second-order valence-electron chi connectivity index (χ2n) is 5.69. The third kappa shape index (κ3) is 5.38. The summed E-state index contributed by atoms with van der Waals surface area (Å²) in [5.74, 6) is -1.61. The van der Waals surface area contributed by atoms with E-state index in [0.29, 0.717) is 0 Å². The number of nitrogens with zero attached hydrogens (tertiary/aromatic N) is 3. The van der Waals surface area contributed by atoms with Crippen molar-refractivity contribution in [2.24, 2.45) is 0 Å². The van der Waals surface area contributed by atoms with Crippen LogP contribution >= 0.6 is 11.6 Å². The van der Waals surface area contributed by atoms with Gasteiger partial charge in [-0.15, -0.1) is 0 Å². The van der Waals surface area contributed by atoms with Crippen molar-refractivity contribution in [3.63, 3.8) is 0 Å². The molecule has 0 atom stereocenters. The number of hydrogen-bond acceptors (Lipinski definition) is 5. The normalized spacial score (nSPS) is 11.2. The standard InChI is InChI=1S/C18H11ClF4N4O2/c19-14-3-10(1-2-15(14)20)13-4-12(7-26-17(13)29-8-18(21,22)23)27-16(28)11-5-24-9-25-6-11/h1-7,9H,8H2,(H,27,28). The van der Waals surface area contributed by atoms with Gasteiger partial charge in [-0.05, 0) is 23.8 Å². The Morgan fingerprint density at radius 1 is 1.14 bits per heavy atom. The monoisotopic (exact) mass is 426 g/mol. The van der Waals surface area contributed by atoms with Gasteiger partial charge in [-0.1, -0.05) is 17.7 Å². The first-order valence-electron chi connectivity index (χ1n) is 7.94. The maximum Gasteiger partial charge on any atom is 0.422 e. The molecule has 0 fully saturated rings. The van der Waals surface area contributed by atoms with Gasteiger partial charge in [0.05, 0.1) is 22.5 Å². The van der Waals surface area contributed by atoms with Gasteiger partial charge in [-0.25, -0.2) is 19.3 Å². The van der Waals surface area contributed by atoms with Crippen molar-refractivity contribution < 1.29 is 27.1 Å². The molecule has 1 N–H and O–H groups in total. The van der Waals surface area contributed by atoms with Crippen LogP contribution in [0.3, 0.4) is 0 Å². The number of alkyl halides is 3. The third-order valence-corrected chi connectivity index (χ3v) is 3.82. The highest BCUT2D eigenvalue weighted by molar-refractivity contribution is 6.31. The average molecular weight is 427 g/mol. The topological polar surface area (TPSA) is 77.0 Å². The van der Waals surface area contributed by atoms with Crippen LogP contribution in [0.2, 0.25) is 5.02 Å². The highest BCUT2D eigenvalue weighted by Crippen LogP contribution is 2.33. The second kappa shape index (κ2) is 8.39. The molecule has 1 aromatic carbocycles.